The van der Waals surface area contributed by atoms with Gasteiger partial charge in [-0.05, 0) is 44.2 Å². The lowest BCUT2D eigenvalue weighted by Crippen LogP contribution is -2.13. The maximum atomic E-state index is 14.4. The minimum atomic E-state index is -4.83. The number of aromatic nitrogens is 4. The smallest absolute Gasteiger partial charge is 0.418 e. The number of nitrogen functional groups attached to an aromatic ring is 2. The Bertz CT molecular complexity index is 1810. The van der Waals surface area contributed by atoms with Crippen LogP contribution in [0.4, 0.5) is 33.3 Å². The second kappa shape index (κ2) is 9.67. The Balaban J connectivity index is 1.84. The zero-order chi connectivity index (χ0) is 28.9. The fraction of sp³-hybridized carbons (Fsp3) is 0.148. The average Bonchev–Trinajstić information content (AvgIpc) is 3.47. The van der Waals surface area contributed by atoms with Gasteiger partial charge in [-0.3, -0.25) is 9.20 Å². The van der Waals surface area contributed by atoms with Crippen molar-refractivity contribution in [2.24, 2.45) is 0 Å². The third-order valence-corrected chi connectivity index (χ3v) is 6.38. The van der Waals surface area contributed by atoms with Crippen LogP contribution in [-0.2, 0) is 10.9 Å². The number of carbonyl (C=O) groups is 1. The molecule has 0 unspecified atom stereocenters. The molecule has 13 heteroatoms. The van der Waals surface area contributed by atoms with E-state index in [1.54, 1.807) is 6.92 Å². The van der Waals surface area contributed by atoms with Gasteiger partial charge < -0.3 is 20.6 Å². The molecule has 0 aliphatic carbocycles. The number of nitrogens with two attached hydrogens (primary N) is 2. The average molecular weight is 556 g/mol. The standard InChI is InChI=1S/C27H21F5N6O2/c1-3-40-8-6-14-11-20(25(39)15-9-18(28)22(33)19(29)10-15)37-7-4-5-16(24(14)37)21-17(27(30,31)32)12-38-13(2)35-36-26(38)23(21)34/h4-12H,3,33-34H2,1-2H3. The van der Waals surface area contributed by atoms with E-state index in [0.717, 1.165) is 22.7 Å². The highest BCUT2D eigenvalue weighted by Gasteiger charge is 2.37. The third kappa shape index (κ3) is 4.28. The molecular formula is C27H21F5N6O2. The number of benzene rings is 1. The van der Waals surface area contributed by atoms with Crippen molar-refractivity contribution in [1.82, 2.24) is 19.0 Å². The summed E-state index contributed by atoms with van der Waals surface area (Å²) in [5.41, 5.74) is 9.26. The second-order valence-corrected chi connectivity index (χ2v) is 8.84. The highest BCUT2D eigenvalue weighted by molar-refractivity contribution is 6.10. The van der Waals surface area contributed by atoms with Crippen LogP contribution in [-0.4, -0.2) is 31.4 Å². The van der Waals surface area contributed by atoms with Crippen molar-refractivity contribution in [3.05, 3.63) is 88.8 Å². The van der Waals surface area contributed by atoms with E-state index < -0.39 is 34.8 Å². The number of hydrogen-bond acceptors (Lipinski definition) is 6. The summed E-state index contributed by atoms with van der Waals surface area (Å²) in [7, 11) is 0. The van der Waals surface area contributed by atoms with Gasteiger partial charge in [-0.15, -0.1) is 10.2 Å². The molecule has 0 amide bonds. The first-order valence-electron chi connectivity index (χ1n) is 11.9. The van der Waals surface area contributed by atoms with Gasteiger partial charge in [0.15, 0.2) is 5.65 Å². The van der Waals surface area contributed by atoms with Crippen molar-refractivity contribution in [2.75, 3.05) is 18.1 Å². The van der Waals surface area contributed by atoms with E-state index in [1.165, 1.54) is 48.1 Å². The maximum Gasteiger partial charge on any atom is 0.418 e. The molecule has 4 N–H and O–H groups in total. The molecule has 4 heterocycles. The van der Waals surface area contributed by atoms with Crippen molar-refractivity contribution >= 4 is 34.4 Å². The Morgan fingerprint density at radius 2 is 1.77 bits per heavy atom. The zero-order valence-corrected chi connectivity index (χ0v) is 21.1. The van der Waals surface area contributed by atoms with Crippen LogP contribution in [0.2, 0.25) is 0 Å². The third-order valence-electron chi connectivity index (χ3n) is 6.38. The summed E-state index contributed by atoms with van der Waals surface area (Å²) in [6.07, 6.45) is 0.267. The molecule has 40 heavy (non-hydrogen) atoms. The van der Waals surface area contributed by atoms with E-state index in [1.807, 2.05) is 0 Å². The van der Waals surface area contributed by atoms with Crippen molar-refractivity contribution in [3.8, 4) is 11.1 Å². The number of carbonyl (C=O) groups excluding carboxylic acids is 1. The van der Waals surface area contributed by atoms with Gasteiger partial charge in [0, 0.05) is 34.6 Å². The summed E-state index contributed by atoms with van der Waals surface area (Å²) in [5, 5.41) is 7.77. The van der Waals surface area contributed by atoms with Crippen LogP contribution in [0, 0.1) is 18.6 Å². The highest BCUT2D eigenvalue weighted by atomic mass is 19.4. The molecule has 5 rings (SSSR count). The van der Waals surface area contributed by atoms with Gasteiger partial charge in [0.1, 0.15) is 23.1 Å². The van der Waals surface area contributed by atoms with E-state index in [2.05, 4.69) is 10.2 Å². The minimum absolute atomic E-state index is 0.0181. The van der Waals surface area contributed by atoms with Gasteiger partial charge in [0.05, 0.1) is 35.3 Å². The number of hydrogen-bond donors (Lipinski definition) is 2. The molecule has 0 saturated carbocycles. The molecule has 8 nitrogen and oxygen atoms in total. The molecule has 0 bridgehead atoms. The van der Waals surface area contributed by atoms with E-state index in [0.29, 0.717) is 6.61 Å². The first kappa shape index (κ1) is 26.7. The molecule has 5 aromatic rings. The van der Waals surface area contributed by atoms with Crippen molar-refractivity contribution in [1.29, 1.82) is 0 Å². The molecule has 0 saturated heterocycles. The number of ether oxygens (including phenoxy) is 1. The largest absolute Gasteiger partial charge is 0.501 e. The summed E-state index contributed by atoms with van der Waals surface area (Å²) in [6, 6.07) is 5.82. The number of halogens is 5. The fourth-order valence-electron chi connectivity index (χ4n) is 4.54. The van der Waals surface area contributed by atoms with Gasteiger partial charge in [-0.25, -0.2) is 8.78 Å². The van der Waals surface area contributed by atoms with E-state index >= 15 is 0 Å². The number of aryl methyl sites for hydroxylation is 1. The number of nitrogens with zero attached hydrogens (tertiary/aromatic N) is 4. The van der Waals surface area contributed by atoms with Crippen LogP contribution in [0.15, 0.2) is 49.0 Å². The van der Waals surface area contributed by atoms with Crippen LogP contribution in [0.1, 0.15) is 39.9 Å². The summed E-state index contributed by atoms with van der Waals surface area (Å²) in [6.45, 7) is 3.53. The number of pyridine rings is 2. The second-order valence-electron chi connectivity index (χ2n) is 8.84. The Morgan fingerprint density at radius 3 is 2.42 bits per heavy atom. The van der Waals surface area contributed by atoms with Gasteiger partial charge in [0.2, 0.25) is 5.78 Å². The number of ketones is 1. The van der Waals surface area contributed by atoms with Gasteiger partial charge in [0.25, 0.3) is 0 Å². The molecule has 0 atom stereocenters. The highest BCUT2D eigenvalue weighted by Crippen LogP contribution is 2.44. The molecule has 206 valence electrons. The number of fused-ring (bicyclic) bond motifs is 2. The SMILES string of the molecule is CCOC=Cc1cc(C(=O)c2cc(F)c(N)c(F)c2)n2cccc(-c3c(C(F)(F)F)cn4c(C)nnc4c3N)c12. The number of anilines is 2. The van der Waals surface area contributed by atoms with Gasteiger partial charge in [-0.1, -0.05) is 6.07 Å². The molecule has 0 aliphatic rings. The summed E-state index contributed by atoms with van der Waals surface area (Å²) >= 11 is 0. The monoisotopic (exact) mass is 556 g/mol. The molecule has 4 aromatic heterocycles. The van der Waals surface area contributed by atoms with Crippen LogP contribution in [0.5, 0.6) is 0 Å². The number of rotatable bonds is 6. The molecule has 0 radical (unpaired) electrons. The van der Waals surface area contributed by atoms with Crippen molar-refractivity contribution in [2.45, 2.75) is 20.0 Å². The molecule has 0 fully saturated rings. The fourth-order valence-corrected chi connectivity index (χ4v) is 4.54. The quantitative estimate of drug-likeness (QED) is 0.121. The summed E-state index contributed by atoms with van der Waals surface area (Å²) in [5.74, 6) is -2.84. The Labute approximate surface area is 223 Å². The van der Waals surface area contributed by atoms with Crippen molar-refractivity contribution < 1.29 is 31.5 Å². The van der Waals surface area contributed by atoms with Crippen LogP contribution >= 0.6 is 0 Å². The predicted octanol–water partition coefficient (Wildman–Crippen LogP) is 5.66. The first-order valence-corrected chi connectivity index (χ1v) is 11.9. The summed E-state index contributed by atoms with van der Waals surface area (Å²) < 4.78 is 79.3. The molecular weight excluding hydrogens is 535 g/mol. The van der Waals surface area contributed by atoms with E-state index in [9.17, 15) is 26.7 Å². The lowest BCUT2D eigenvalue weighted by atomic mass is 9.97. The minimum Gasteiger partial charge on any atom is -0.501 e. The van der Waals surface area contributed by atoms with Crippen molar-refractivity contribution in [3.63, 3.8) is 0 Å². The molecule has 1 aromatic carbocycles. The van der Waals surface area contributed by atoms with Gasteiger partial charge in [-0.2, -0.15) is 13.2 Å². The van der Waals surface area contributed by atoms with Crippen LogP contribution < -0.4 is 11.5 Å². The first-order chi connectivity index (χ1) is 18.9. The molecule has 0 aliphatic heterocycles. The van der Waals surface area contributed by atoms with E-state index in [-0.39, 0.29) is 50.6 Å². The number of alkyl halides is 3. The predicted molar refractivity (Wildman–Crippen MR) is 138 cm³/mol. The normalized spacial score (nSPS) is 12.2. The topological polar surface area (TPSA) is 113 Å². The zero-order valence-electron chi connectivity index (χ0n) is 21.1. The summed E-state index contributed by atoms with van der Waals surface area (Å²) in [4.78, 5) is 13.5. The lowest BCUT2D eigenvalue weighted by molar-refractivity contribution is -0.137. The Morgan fingerprint density at radius 1 is 1.07 bits per heavy atom. The van der Waals surface area contributed by atoms with Gasteiger partial charge >= 0.3 is 6.18 Å². The maximum absolute atomic E-state index is 14.4. The Hall–Kier alpha value is -4.94. The molecule has 0 spiro atoms. The van der Waals surface area contributed by atoms with Crippen LogP contribution in [0.25, 0.3) is 28.4 Å². The lowest BCUT2D eigenvalue weighted by Gasteiger charge is -2.18. The van der Waals surface area contributed by atoms with E-state index in [4.69, 9.17) is 16.2 Å². The Kier molecular flexibility index (Phi) is 6.44. The van der Waals surface area contributed by atoms with Crippen LogP contribution in [0.3, 0.4) is 0 Å².